The molecule has 0 saturated heterocycles. The highest BCUT2D eigenvalue weighted by atomic mass is 16.6. The summed E-state index contributed by atoms with van der Waals surface area (Å²) in [5.74, 6) is -0.464. The fourth-order valence-corrected chi connectivity index (χ4v) is 1.14. The van der Waals surface area contributed by atoms with E-state index in [4.69, 9.17) is 9.94 Å². The quantitative estimate of drug-likeness (QED) is 0.728. The molecule has 1 aromatic carbocycles. The first-order valence-corrected chi connectivity index (χ1v) is 4.02. The fourth-order valence-electron chi connectivity index (χ4n) is 1.14. The second-order valence-electron chi connectivity index (χ2n) is 2.77. The van der Waals surface area contributed by atoms with Crippen molar-refractivity contribution in [1.82, 2.24) is 0 Å². The highest BCUT2D eigenvalue weighted by molar-refractivity contribution is 6.13. The van der Waals surface area contributed by atoms with Gasteiger partial charge in [-0.2, -0.15) is 0 Å². The first-order valence-electron chi connectivity index (χ1n) is 4.02. The lowest BCUT2D eigenvalue weighted by Crippen LogP contribution is -2.00. The Hall–Kier alpha value is -2.10. The number of hydrogen-bond donors (Lipinski definition) is 1. The van der Waals surface area contributed by atoms with Gasteiger partial charge in [0, 0.05) is 5.56 Å². The average Bonchev–Trinajstić information content (AvgIpc) is 2.39. The van der Waals surface area contributed by atoms with Crippen molar-refractivity contribution in [3.63, 3.8) is 0 Å². The summed E-state index contributed by atoms with van der Waals surface area (Å²) >= 11 is 0. The number of hydrogen-bond acceptors (Lipinski definition) is 3. The number of carboxylic acids is 1. The summed E-state index contributed by atoms with van der Waals surface area (Å²) in [6.07, 6.45) is 2.70. The van der Waals surface area contributed by atoms with Crippen LogP contribution >= 0.6 is 0 Å². The van der Waals surface area contributed by atoms with E-state index in [1.54, 1.807) is 18.2 Å². The number of oxime groups is 1. The first kappa shape index (κ1) is 8.50. The zero-order valence-corrected chi connectivity index (χ0v) is 7.18. The van der Waals surface area contributed by atoms with E-state index in [1.807, 2.05) is 6.07 Å². The van der Waals surface area contributed by atoms with Crippen molar-refractivity contribution in [3.05, 3.63) is 35.4 Å². The van der Waals surface area contributed by atoms with Crippen LogP contribution in [0.15, 0.2) is 35.0 Å². The van der Waals surface area contributed by atoms with Gasteiger partial charge in [0.2, 0.25) is 0 Å². The van der Waals surface area contributed by atoms with E-state index >= 15 is 0 Å². The Kier molecular flexibility index (Phi) is 2.02. The lowest BCUT2D eigenvalue weighted by molar-refractivity contribution is -0.131. The number of aliphatic carboxylic acids is 1. The Morgan fingerprint density at radius 1 is 1.36 bits per heavy atom. The first-order chi connectivity index (χ1) is 6.77. The molecule has 0 saturated carbocycles. The number of para-hydroxylation sites is 1. The minimum atomic E-state index is -1.02. The van der Waals surface area contributed by atoms with Crippen LogP contribution in [0.4, 0.5) is 0 Å². The maximum atomic E-state index is 10.7. The van der Waals surface area contributed by atoms with E-state index in [2.05, 4.69) is 5.16 Å². The van der Waals surface area contributed by atoms with Gasteiger partial charge in [-0.25, -0.2) is 4.79 Å². The highest BCUT2D eigenvalue weighted by Crippen LogP contribution is 2.22. The van der Waals surface area contributed by atoms with E-state index < -0.39 is 5.97 Å². The minimum Gasteiger partial charge on any atom is -0.478 e. The third kappa shape index (κ3) is 1.50. The third-order valence-electron chi connectivity index (χ3n) is 1.82. The molecule has 1 aliphatic rings. The molecular formula is C10H7NO3. The lowest BCUT2D eigenvalue weighted by Gasteiger charge is -1.99. The van der Waals surface area contributed by atoms with Gasteiger partial charge in [0.1, 0.15) is 0 Å². The molecule has 0 spiro atoms. The van der Waals surface area contributed by atoms with Gasteiger partial charge in [-0.05, 0) is 12.1 Å². The highest BCUT2D eigenvalue weighted by Gasteiger charge is 2.10. The zero-order valence-electron chi connectivity index (χ0n) is 7.18. The van der Waals surface area contributed by atoms with Crippen LogP contribution in [0.1, 0.15) is 5.56 Å². The Morgan fingerprint density at radius 2 is 2.14 bits per heavy atom. The number of fused-ring (bicyclic) bond motifs is 1. The Labute approximate surface area is 80.1 Å². The summed E-state index contributed by atoms with van der Waals surface area (Å²) in [5.41, 5.74) is 0.817. The molecule has 70 valence electrons. The molecule has 0 radical (unpaired) electrons. The van der Waals surface area contributed by atoms with Gasteiger partial charge in [-0.1, -0.05) is 23.4 Å². The molecule has 0 aliphatic carbocycles. The maximum Gasteiger partial charge on any atom is 0.337 e. The number of rotatable bonds is 1. The van der Waals surface area contributed by atoms with Crippen LogP contribution in [-0.4, -0.2) is 17.3 Å². The van der Waals surface area contributed by atoms with Crippen molar-refractivity contribution in [1.29, 1.82) is 0 Å². The summed E-state index contributed by atoms with van der Waals surface area (Å²) in [5, 5.41) is 12.3. The Balaban J connectivity index is 2.51. The summed E-state index contributed by atoms with van der Waals surface area (Å²) in [4.78, 5) is 15.7. The van der Waals surface area contributed by atoms with Gasteiger partial charge < -0.3 is 9.94 Å². The normalized spacial score (nSPS) is 13.6. The van der Waals surface area contributed by atoms with Crippen molar-refractivity contribution >= 4 is 18.3 Å². The molecule has 4 heteroatoms. The summed E-state index contributed by atoms with van der Waals surface area (Å²) in [6.45, 7) is 0. The van der Waals surface area contributed by atoms with Crippen LogP contribution in [0.3, 0.4) is 0 Å². The number of carboxylic acid groups (broad SMARTS) is 1. The largest absolute Gasteiger partial charge is 0.478 e. The second kappa shape index (κ2) is 3.33. The smallest absolute Gasteiger partial charge is 0.337 e. The van der Waals surface area contributed by atoms with Gasteiger partial charge in [-0.3, -0.25) is 0 Å². The summed E-state index contributed by atoms with van der Waals surface area (Å²) < 4.78 is 0. The molecule has 4 nitrogen and oxygen atoms in total. The van der Waals surface area contributed by atoms with Crippen molar-refractivity contribution in [2.45, 2.75) is 0 Å². The number of benzene rings is 1. The second-order valence-corrected chi connectivity index (χ2v) is 2.77. The fraction of sp³-hybridized carbons (Fsp3) is 0. The molecule has 0 bridgehead atoms. The summed E-state index contributed by atoms with van der Waals surface area (Å²) in [6, 6.07) is 7.11. The molecule has 0 atom stereocenters. The van der Waals surface area contributed by atoms with E-state index in [-0.39, 0.29) is 5.57 Å². The van der Waals surface area contributed by atoms with E-state index in [1.165, 1.54) is 12.3 Å². The topological polar surface area (TPSA) is 58.9 Å². The molecule has 1 aliphatic heterocycles. The predicted molar refractivity (Wildman–Crippen MR) is 51.2 cm³/mol. The van der Waals surface area contributed by atoms with Crippen LogP contribution in [0.25, 0.3) is 6.08 Å². The molecular weight excluding hydrogens is 182 g/mol. The molecule has 1 N–H and O–H groups in total. The maximum absolute atomic E-state index is 10.7. The van der Waals surface area contributed by atoms with Gasteiger partial charge in [0.05, 0.1) is 11.8 Å². The van der Waals surface area contributed by atoms with Crippen LogP contribution in [0.2, 0.25) is 0 Å². The van der Waals surface area contributed by atoms with Gasteiger partial charge in [-0.15, -0.1) is 0 Å². The van der Waals surface area contributed by atoms with E-state index in [9.17, 15) is 4.79 Å². The van der Waals surface area contributed by atoms with Crippen LogP contribution in [-0.2, 0) is 4.79 Å². The SMILES string of the molecule is O=C(O)C1=Cc2ccccc2ON=C1. The van der Waals surface area contributed by atoms with E-state index in [0.29, 0.717) is 11.3 Å². The molecule has 0 amide bonds. The van der Waals surface area contributed by atoms with Crippen molar-refractivity contribution in [2.75, 3.05) is 0 Å². The Bertz CT molecular complexity index is 435. The van der Waals surface area contributed by atoms with Crippen molar-refractivity contribution in [3.8, 4) is 5.75 Å². The number of nitrogens with zero attached hydrogens (tertiary/aromatic N) is 1. The molecule has 0 aromatic heterocycles. The lowest BCUT2D eigenvalue weighted by atomic mass is 10.1. The predicted octanol–water partition coefficient (Wildman–Crippen LogP) is 1.53. The molecule has 14 heavy (non-hydrogen) atoms. The van der Waals surface area contributed by atoms with Crippen LogP contribution in [0, 0.1) is 0 Å². The van der Waals surface area contributed by atoms with Crippen molar-refractivity contribution in [2.24, 2.45) is 5.16 Å². The standard InChI is InChI=1S/C10H7NO3/c12-10(13)8-5-7-3-1-2-4-9(7)14-11-6-8/h1-6H,(H,12,13). The third-order valence-corrected chi connectivity index (χ3v) is 1.82. The van der Waals surface area contributed by atoms with Gasteiger partial charge in [0.15, 0.2) is 5.75 Å². The minimum absolute atomic E-state index is 0.106. The molecule has 2 rings (SSSR count). The van der Waals surface area contributed by atoms with Gasteiger partial charge >= 0.3 is 5.97 Å². The molecule has 1 heterocycles. The Morgan fingerprint density at radius 3 is 2.93 bits per heavy atom. The van der Waals surface area contributed by atoms with Crippen LogP contribution < -0.4 is 4.84 Å². The van der Waals surface area contributed by atoms with E-state index in [0.717, 1.165) is 0 Å². The summed E-state index contributed by atoms with van der Waals surface area (Å²) in [7, 11) is 0. The molecule has 0 fully saturated rings. The number of carbonyl (C=O) groups is 1. The zero-order chi connectivity index (χ0) is 9.97. The van der Waals surface area contributed by atoms with Crippen LogP contribution in [0.5, 0.6) is 5.75 Å². The monoisotopic (exact) mass is 189 g/mol. The molecule has 1 aromatic rings. The van der Waals surface area contributed by atoms with Crippen molar-refractivity contribution < 1.29 is 14.7 Å². The molecule has 0 unspecified atom stereocenters. The average molecular weight is 189 g/mol. The van der Waals surface area contributed by atoms with Gasteiger partial charge in [0.25, 0.3) is 0 Å².